The molecule has 5 nitrogen and oxygen atoms in total. The van der Waals surface area contributed by atoms with E-state index in [1.807, 2.05) is 0 Å². The standard InChI is InChI=1S/C12H13NO4S/c1-7-4-8(2)11(5-10(7)12(14)15)18(16,17)9(3)6-13/h4-5,9H,1-3H3,(H,14,15). The van der Waals surface area contributed by atoms with E-state index in [2.05, 4.69) is 0 Å². The number of aryl methyl sites for hydroxylation is 2. The van der Waals surface area contributed by atoms with Crippen LogP contribution in [0.5, 0.6) is 0 Å². The van der Waals surface area contributed by atoms with Gasteiger partial charge in [-0.25, -0.2) is 13.2 Å². The number of sulfone groups is 1. The highest BCUT2D eigenvalue weighted by Crippen LogP contribution is 2.24. The molecule has 1 aromatic rings. The summed E-state index contributed by atoms with van der Waals surface area (Å²) in [6.07, 6.45) is 0. The molecule has 0 aliphatic carbocycles. The third-order valence-electron chi connectivity index (χ3n) is 2.71. The SMILES string of the molecule is Cc1cc(C)c(S(=O)(=O)C(C)C#N)cc1C(=O)O. The van der Waals surface area contributed by atoms with Crippen molar-refractivity contribution >= 4 is 15.8 Å². The Morgan fingerprint density at radius 3 is 2.33 bits per heavy atom. The summed E-state index contributed by atoms with van der Waals surface area (Å²) in [5.74, 6) is -1.19. The minimum Gasteiger partial charge on any atom is -0.478 e. The molecule has 1 N–H and O–H groups in total. The number of nitriles is 1. The van der Waals surface area contributed by atoms with E-state index in [9.17, 15) is 13.2 Å². The number of nitrogens with zero attached hydrogens (tertiary/aromatic N) is 1. The van der Waals surface area contributed by atoms with Crippen LogP contribution < -0.4 is 0 Å². The van der Waals surface area contributed by atoms with Crippen LogP contribution in [0.15, 0.2) is 17.0 Å². The second kappa shape index (κ2) is 4.78. The molecule has 0 heterocycles. The van der Waals surface area contributed by atoms with Crippen LogP contribution in [0.25, 0.3) is 0 Å². The van der Waals surface area contributed by atoms with Crippen molar-refractivity contribution in [3.05, 3.63) is 28.8 Å². The van der Waals surface area contributed by atoms with Gasteiger partial charge in [-0.1, -0.05) is 6.07 Å². The lowest BCUT2D eigenvalue weighted by atomic mass is 10.1. The van der Waals surface area contributed by atoms with Gasteiger partial charge in [0.25, 0.3) is 0 Å². The van der Waals surface area contributed by atoms with Crippen molar-refractivity contribution in [1.29, 1.82) is 5.26 Å². The molecule has 1 rings (SSSR count). The molecule has 6 heteroatoms. The van der Waals surface area contributed by atoms with Gasteiger partial charge in [0.1, 0.15) is 5.25 Å². The lowest BCUT2D eigenvalue weighted by Gasteiger charge is -2.11. The molecule has 96 valence electrons. The average molecular weight is 267 g/mol. The van der Waals surface area contributed by atoms with E-state index in [0.29, 0.717) is 11.1 Å². The fourth-order valence-corrected chi connectivity index (χ4v) is 2.94. The molecule has 0 saturated heterocycles. The Balaban J connectivity index is 3.58. The van der Waals surface area contributed by atoms with E-state index >= 15 is 0 Å². The molecular weight excluding hydrogens is 254 g/mol. The first-order valence-corrected chi connectivity index (χ1v) is 6.74. The predicted molar refractivity (Wildman–Crippen MR) is 65.1 cm³/mol. The molecule has 1 unspecified atom stereocenters. The summed E-state index contributed by atoms with van der Waals surface area (Å²) < 4.78 is 24.1. The maximum absolute atomic E-state index is 12.1. The Kier molecular flexibility index (Phi) is 3.77. The van der Waals surface area contributed by atoms with Gasteiger partial charge in [0.05, 0.1) is 16.5 Å². The zero-order valence-electron chi connectivity index (χ0n) is 10.3. The number of hydrogen-bond donors (Lipinski definition) is 1. The molecule has 0 amide bonds. The maximum atomic E-state index is 12.1. The highest BCUT2D eigenvalue weighted by Gasteiger charge is 2.26. The summed E-state index contributed by atoms with van der Waals surface area (Å²) in [6.45, 7) is 4.45. The van der Waals surface area contributed by atoms with E-state index in [0.717, 1.165) is 6.07 Å². The minimum atomic E-state index is -3.82. The topological polar surface area (TPSA) is 95.2 Å². The molecule has 0 radical (unpaired) electrons. The van der Waals surface area contributed by atoms with E-state index in [1.165, 1.54) is 13.0 Å². The van der Waals surface area contributed by atoms with Crippen molar-refractivity contribution in [3.63, 3.8) is 0 Å². The smallest absolute Gasteiger partial charge is 0.335 e. The summed E-state index contributed by atoms with van der Waals surface area (Å²) in [6, 6.07) is 4.28. The first-order valence-electron chi connectivity index (χ1n) is 5.20. The molecular formula is C12H13NO4S. The number of carboxylic acids is 1. The van der Waals surface area contributed by atoms with E-state index in [-0.39, 0.29) is 10.5 Å². The highest BCUT2D eigenvalue weighted by atomic mass is 32.2. The summed E-state index contributed by atoms with van der Waals surface area (Å²) in [7, 11) is -3.82. The molecule has 18 heavy (non-hydrogen) atoms. The molecule has 0 aliphatic heterocycles. The van der Waals surface area contributed by atoms with E-state index < -0.39 is 21.1 Å². The van der Waals surface area contributed by atoms with E-state index in [1.54, 1.807) is 19.9 Å². The Morgan fingerprint density at radius 1 is 1.33 bits per heavy atom. The van der Waals surface area contributed by atoms with Crippen LogP contribution in [0, 0.1) is 25.2 Å². The Labute approximate surface area is 106 Å². The van der Waals surface area contributed by atoms with E-state index in [4.69, 9.17) is 10.4 Å². The second-order valence-electron chi connectivity index (χ2n) is 4.05. The zero-order valence-corrected chi connectivity index (χ0v) is 11.1. The van der Waals surface area contributed by atoms with Crippen LogP contribution in [-0.2, 0) is 9.84 Å². The van der Waals surface area contributed by atoms with Crippen molar-refractivity contribution in [3.8, 4) is 6.07 Å². The third kappa shape index (κ3) is 2.36. The van der Waals surface area contributed by atoms with Crippen molar-refractivity contribution in [1.82, 2.24) is 0 Å². The summed E-state index contributed by atoms with van der Waals surface area (Å²) in [5.41, 5.74) is 0.868. The highest BCUT2D eigenvalue weighted by molar-refractivity contribution is 7.92. The summed E-state index contributed by atoms with van der Waals surface area (Å²) in [5, 5.41) is 16.5. The molecule has 1 atom stereocenters. The fourth-order valence-electron chi connectivity index (χ4n) is 1.63. The number of carbonyl (C=O) groups is 1. The number of benzene rings is 1. The summed E-state index contributed by atoms with van der Waals surface area (Å²) >= 11 is 0. The summed E-state index contributed by atoms with van der Waals surface area (Å²) in [4.78, 5) is 10.9. The molecule has 0 saturated carbocycles. The van der Waals surface area contributed by atoms with Crippen molar-refractivity contribution in [2.75, 3.05) is 0 Å². The molecule has 0 fully saturated rings. The molecule has 1 aromatic carbocycles. The van der Waals surface area contributed by atoms with Crippen molar-refractivity contribution < 1.29 is 18.3 Å². The normalized spacial score (nSPS) is 12.8. The molecule has 0 aliphatic rings. The average Bonchev–Trinajstić information content (AvgIpc) is 2.26. The monoisotopic (exact) mass is 267 g/mol. The van der Waals surface area contributed by atoms with Crippen LogP contribution in [-0.4, -0.2) is 24.7 Å². The quantitative estimate of drug-likeness (QED) is 0.899. The van der Waals surface area contributed by atoms with Gasteiger partial charge in [-0.3, -0.25) is 0 Å². The predicted octanol–water partition coefficient (Wildman–Crippen LogP) is 1.69. The largest absolute Gasteiger partial charge is 0.478 e. The van der Waals surface area contributed by atoms with Gasteiger partial charge in [0.2, 0.25) is 0 Å². The van der Waals surface area contributed by atoms with Gasteiger partial charge in [-0.05, 0) is 38.0 Å². The maximum Gasteiger partial charge on any atom is 0.335 e. The lowest BCUT2D eigenvalue weighted by molar-refractivity contribution is 0.0696. The zero-order chi connectivity index (χ0) is 14.1. The van der Waals surface area contributed by atoms with Crippen molar-refractivity contribution in [2.24, 2.45) is 0 Å². The number of aromatic carboxylic acids is 1. The van der Waals surface area contributed by atoms with Gasteiger partial charge in [-0.15, -0.1) is 0 Å². The minimum absolute atomic E-state index is 0.0654. The van der Waals surface area contributed by atoms with Gasteiger partial charge < -0.3 is 5.11 Å². The van der Waals surface area contributed by atoms with Gasteiger partial charge in [-0.2, -0.15) is 5.26 Å². The molecule has 0 spiro atoms. The Bertz CT molecular complexity index is 641. The molecule has 0 aromatic heterocycles. The van der Waals surface area contributed by atoms with Crippen LogP contribution >= 0.6 is 0 Å². The number of rotatable bonds is 3. The van der Waals surface area contributed by atoms with Gasteiger partial charge in [0.15, 0.2) is 9.84 Å². The van der Waals surface area contributed by atoms with Crippen LogP contribution in [0.4, 0.5) is 0 Å². The Morgan fingerprint density at radius 2 is 1.89 bits per heavy atom. The number of hydrogen-bond acceptors (Lipinski definition) is 4. The van der Waals surface area contributed by atoms with Crippen LogP contribution in [0.2, 0.25) is 0 Å². The second-order valence-corrected chi connectivity index (χ2v) is 6.29. The van der Waals surface area contributed by atoms with Crippen molar-refractivity contribution in [2.45, 2.75) is 30.9 Å². The van der Waals surface area contributed by atoms with Gasteiger partial charge >= 0.3 is 5.97 Å². The first-order chi connectivity index (χ1) is 8.21. The lowest BCUT2D eigenvalue weighted by Crippen LogP contribution is -2.18. The molecule has 0 bridgehead atoms. The van der Waals surface area contributed by atoms with Crippen LogP contribution in [0.3, 0.4) is 0 Å². The third-order valence-corrected chi connectivity index (χ3v) is 4.80. The van der Waals surface area contributed by atoms with Gasteiger partial charge in [0, 0.05) is 0 Å². The van der Waals surface area contributed by atoms with Crippen LogP contribution in [0.1, 0.15) is 28.4 Å². The first kappa shape index (κ1) is 14.2. The fraction of sp³-hybridized carbons (Fsp3) is 0.333. The number of carboxylic acid groups (broad SMARTS) is 1. The Hall–Kier alpha value is -1.87.